The molecule has 2 aliphatic heterocycles. The molecule has 2 unspecified atom stereocenters. The molecule has 0 aromatic heterocycles. The van der Waals surface area contributed by atoms with Crippen molar-refractivity contribution in [2.45, 2.75) is 69.1 Å². The lowest BCUT2D eigenvalue weighted by Gasteiger charge is -2.53. The molecule has 4 heteroatoms. The molecule has 21 heavy (non-hydrogen) atoms. The number of hydrogen-bond donors (Lipinski definition) is 1. The van der Waals surface area contributed by atoms with Crippen LogP contribution in [0.3, 0.4) is 0 Å². The van der Waals surface area contributed by atoms with Crippen molar-refractivity contribution in [2.24, 2.45) is 5.92 Å². The van der Waals surface area contributed by atoms with Crippen LogP contribution in [0.2, 0.25) is 0 Å². The van der Waals surface area contributed by atoms with Crippen LogP contribution < -0.4 is 5.32 Å². The number of nitrogens with one attached hydrogen (secondary N) is 1. The summed E-state index contributed by atoms with van der Waals surface area (Å²) in [6, 6.07) is 0.511. The van der Waals surface area contributed by atoms with Crippen LogP contribution in [0.1, 0.15) is 51.9 Å². The molecule has 0 radical (unpaired) electrons. The van der Waals surface area contributed by atoms with Gasteiger partial charge in [0.25, 0.3) is 0 Å². The number of ether oxygens (including phenoxy) is 2. The highest BCUT2D eigenvalue weighted by atomic mass is 32.2. The SMILES string of the molecule is CCNC(C1CCOC2(CCSCC2)C1)C1(OC)CCC1. The molecule has 3 nitrogen and oxygen atoms in total. The van der Waals surface area contributed by atoms with E-state index in [2.05, 4.69) is 24.0 Å². The lowest BCUT2D eigenvalue weighted by atomic mass is 9.66. The summed E-state index contributed by atoms with van der Waals surface area (Å²) < 4.78 is 12.3. The maximum absolute atomic E-state index is 6.28. The fraction of sp³-hybridized carbons (Fsp3) is 1.00. The van der Waals surface area contributed by atoms with E-state index in [4.69, 9.17) is 9.47 Å². The van der Waals surface area contributed by atoms with Crippen molar-refractivity contribution in [1.82, 2.24) is 5.32 Å². The first-order chi connectivity index (χ1) is 10.2. The Bertz CT molecular complexity index is 329. The predicted octanol–water partition coefficient (Wildman–Crippen LogP) is 3.23. The van der Waals surface area contributed by atoms with Gasteiger partial charge in [0, 0.05) is 19.8 Å². The van der Waals surface area contributed by atoms with Crippen molar-refractivity contribution in [3.8, 4) is 0 Å². The molecule has 3 rings (SSSR count). The summed E-state index contributed by atoms with van der Waals surface area (Å²) in [6.07, 6.45) is 8.68. The van der Waals surface area contributed by atoms with Crippen LogP contribution in [-0.2, 0) is 9.47 Å². The number of methoxy groups -OCH3 is 1. The molecule has 3 fully saturated rings. The maximum Gasteiger partial charge on any atom is 0.0833 e. The first-order valence-corrected chi connectivity index (χ1v) is 9.89. The second kappa shape index (κ2) is 6.77. The largest absolute Gasteiger partial charge is 0.377 e. The van der Waals surface area contributed by atoms with Crippen LogP contribution in [0.5, 0.6) is 0 Å². The van der Waals surface area contributed by atoms with Crippen LogP contribution in [0.15, 0.2) is 0 Å². The average molecular weight is 314 g/mol. The van der Waals surface area contributed by atoms with Crippen LogP contribution in [0, 0.1) is 5.92 Å². The van der Waals surface area contributed by atoms with Crippen molar-refractivity contribution >= 4 is 11.8 Å². The highest BCUT2D eigenvalue weighted by Gasteiger charge is 2.50. The first-order valence-electron chi connectivity index (χ1n) is 8.74. The van der Waals surface area contributed by atoms with E-state index in [-0.39, 0.29) is 11.2 Å². The van der Waals surface area contributed by atoms with E-state index in [1.807, 2.05) is 7.11 Å². The Morgan fingerprint density at radius 3 is 2.62 bits per heavy atom. The molecule has 1 N–H and O–H groups in total. The van der Waals surface area contributed by atoms with Gasteiger partial charge < -0.3 is 14.8 Å². The summed E-state index contributed by atoms with van der Waals surface area (Å²) >= 11 is 2.09. The molecule has 122 valence electrons. The lowest BCUT2D eigenvalue weighted by Crippen LogP contribution is -2.61. The third-order valence-electron chi connectivity index (χ3n) is 6.00. The Hall–Kier alpha value is 0.230. The molecule has 0 aromatic rings. The number of rotatable bonds is 5. The maximum atomic E-state index is 6.28. The van der Waals surface area contributed by atoms with Gasteiger partial charge in [0.1, 0.15) is 0 Å². The predicted molar refractivity (Wildman–Crippen MR) is 89.0 cm³/mol. The van der Waals surface area contributed by atoms with Crippen molar-refractivity contribution in [3.63, 3.8) is 0 Å². The molecule has 2 atom stereocenters. The summed E-state index contributed by atoms with van der Waals surface area (Å²) in [4.78, 5) is 0. The van der Waals surface area contributed by atoms with Crippen molar-refractivity contribution in [3.05, 3.63) is 0 Å². The molecule has 1 aliphatic carbocycles. The Morgan fingerprint density at radius 2 is 2.05 bits per heavy atom. The highest BCUT2D eigenvalue weighted by molar-refractivity contribution is 7.99. The van der Waals surface area contributed by atoms with Crippen molar-refractivity contribution < 1.29 is 9.47 Å². The smallest absolute Gasteiger partial charge is 0.0833 e. The summed E-state index contributed by atoms with van der Waals surface area (Å²) in [7, 11) is 1.91. The number of likely N-dealkylation sites (N-methyl/N-ethyl adjacent to an activating group) is 1. The second-order valence-corrected chi connectivity index (χ2v) is 8.28. The fourth-order valence-electron chi connectivity index (χ4n) is 4.61. The molecule has 0 aromatic carbocycles. The Labute approximate surface area is 133 Å². The molecule has 2 saturated heterocycles. The summed E-state index contributed by atoms with van der Waals surface area (Å²) in [5.41, 5.74) is 0.281. The molecule has 3 aliphatic rings. The quantitative estimate of drug-likeness (QED) is 0.844. The monoisotopic (exact) mass is 313 g/mol. The molecule has 1 saturated carbocycles. The molecular weight excluding hydrogens is 282 g/mol. The van der Waals surface area contributed by atoms with Gasteiger partial charge in [-0.05, 0) is 68.9 Å². The van der Waals surface area contributed by atoms with Gasteiger partial charge in [0.15, 0.2) is 0 Å². The molecular formula is C17H31NO2S. The van der Waals surface area contributed by atoms with E-state index < -0.39 is 0 Å². The van der Waals surface area contributed by atoms with Crippen LogP contribution in [0.25, 0.3) is 0 Å². The van der Waals surface area contributed by atoms with E-state index in [1.54, 1.807) is 0 Å². The molecule has 1 spiro atoms. The van der Waals surface area contributed by atoms with E-state index in [0.717, 1.165) is 13.2 Å². The average Bonchev–Trinajstić information content (AvgIpc) is 2.47. The van der Waals surface area contributed by atoms with Gasteiger partial charge in [-0.2, -0.15) is 11.8 Å². The van der Waals surface area contributed by atoms with Crippen LogP contribution in [-0.4, -0.2) is 49.0 Å². The van der Waals surface area contributed by atoms with Gasteiger partial charge in [0.05, 0.1) is 11.2 Å². The minimum atomic E-state index is 0.0998. The Kier molecular flexibility index (Phi) is 5.19. The van der Waals surface area contributed by atoms with E-state index in [1.165, 1.54) is 56.5 Å². The fourth-order valence-corrected chi connectivity index (χ4v) is 5.85. The highest BCUT2D eigenvalue weighted by Crippen LogP contribution is 2.47. The second-order valence-electron chi connectivity index (χ2n) is 7.05. The topological polar surface area (TPSA) is 30.5 Å². The van der Waals surface area contributed by atoms with Crippen molar-refractivity contribution in [2.75, 3.05) is 31.8 Å². The van der Waals surface area contributed by atoms with Gasteiger partial charge in [-0.3, -0.25) is 0 Å². The van der Waals surface area contributed by atoms with E-state index in [0.29, 0.717) is 12.0 Å². The van der Waals surface area contributed by atoms with Gasteiger partial charge in [0.2, 0.25) is 0 Å². The number of hydrogen-bond acceptors (Lipinski definition) is 4. The summed E-state index contributed by atoms with van der Waals surface area (Å²) in [5.74, 6) is 3.25. The minimum absolute atomic E-state index is 0.0998. The third kappa shape index (κ3) is 3.15. The van der Waals surface area contributed by atoms with Crippen LogP contribution in [0.4, 0.5) is 0 Å². The minimum Gasteiger partial charge on any atom is -0.377 e. The van der Waals surface area contributed by atoms with Crippen LogP contribution >= 0.6 is 11.8 Å². The normalized spacial score (nSPS) is 32.6. The lowest BCUT2D eigenvalue weighted by molar-refractivity contribution is -0.150. The van der Waals surface area contributed by atoms with E-state index >= 15 is 0 Å². The van der Waals surface area contributed by atoms with Gasteiger partial charge in [-0.25, -0.2) is 0 Å². The third-order valence-corrected chi connectivity index (χ3v) is 6.99. The van der Waals surface area contributed by atoms with E-state index in [9.17, 15) is 0 Å². The molecule has 0 amide bonds. The Balaban J connectivity index is 1.72. The summed E-state index contributed by atoms with van der Waals surface area (Å²) in [6.45, 7) is 4.20. The zero-order valence-corrected chi connectivity index (χ0v) is 14.5. The van der Waals surface area contributed by atoms with Crippen molar-refractivity contribution in [1.29, 1.82) is 0 Å². The van der Waals surface area contributed by atoms with Gasteiger partial charge >= 0.3 is 0 Å². The molecule has 0 bridgehead atoms. The molecule has 2 heterocycles. The first kappa shape index (κ1) is 16.1. The zero-order valence-electron chi connectivity index (χ0n) is 13.7. The number of thioether (sulfide) groups is 1. The van der Waals surface area contributed by atoms with Gasteiger partial charge in [-0.1, -0.05) is 6.92 Å². The Morgan fingerprint density at radius 1 is 1.29 bits per heavy atom. The van der Waals surface area contributed by atoms with Gasteiger partial charge in [-0.15, -0.1) is 0 Å². The standard InChI is InChI=1S/C17H31NO2S/c1-3-18-15(17(19-2)6-4-7-17)14-5-10-20-16(13-14)8-11-21-12-9-16/h14-15,18H,3-13H2,1-2H3. The zero-order chi connectivity index (χ0) is 14.8. The summed E-state index contributed by atoms with van der Waals surface area (Å²) in [5, 5.41) is 3.78.